The molecule has 1 fully saturated rings. The lowest BCUT2D eigenvalue weighted by Gasteiger charge is -2.36. The SMILES string of the molecule is COCCCN1CCOc2ccc(CO[C@H]3CNC[C@@H](O)[C@@H]3c3ccc(COCC(C)CSC)cc3)cc21. The van der Waals surface area contributed by atoms with E-state index in [0.717, 1.165) is 66.6 Å². The van der Waals surface area contributed by atoms with E-state index in [-0.39, 0.29) is 12.0 Å². The predicted molar refractivity (Wildman–Crippen MR) is 154 cm³/mol. The van der Waals surface area contributed by atoms with Gasteiger partial charge < -0.3 is 34.3 Å². The van der Waals surface area contributed by atoms with E-state index in [1.54, 1.807) is 7.11 Å². The molecule has 1 saturated heterocycles. The number of benzene rings is 2. The highest BCUT2D eigenvalue weighted by Gasteiger charge is 2.34. The maximum Gasteiger partial charge on any atom is 0.142 e. The summed E-state index contributed by atoms with van der Waals surface area (Å²) in [5.41, 5.74) is 4.48. The number of anilines is 1. The summed E-state index contributed by atoms with van der Waals surface area (Å²) in [5, 5.41) is 14.2. The Morgan fingerprint density at radius 2 is 1.95 bits per heavy atom. The molecule has 2 aromatic carbocycles. The Hall–Kier alpha value is -1.81. The van der Waals surface area contributed by atoms with Gasteiger partial charge in [-0.15, -0.1) is 0 Å². The second kappa shape index (κ2) is 15.1. The Morgan fingerprint density at radius 1 is 1.13 bits per heavy atom. The molecule has 0 amide bonds. The Bertz CT molecular complexity index is 976. The van der Waals surface area contributed by atoms with Gasteiger partial charge in [0, 0.05) is 39.3 Å². The summed E-state index contributed by atoms with van der Waals surface area (Å²) < 4.78 is 23.5. The van der Waals surface area contributed by atoms with Crippen molar-refractivity contribution >= 4 is 17.4 Å². The van der Waals surface area contributed by atoms with Gasteiger partial charge in [0.05, 0.1) is 44.3 Å². The van der Waals surface area contributed by atoms with Gasteiger partial charge in [0.25, 0.3) is 0 Å². The third-order valence-corrected chi connectivity index (χ3v) is 8.13. The maximum absolute atomic E-state index is 10.9. The molecular formula is C30H44N2O5S. The van der Waals surface area contributed by atoms with Gasteiger partial charge in [-0.05, 0) is 53.2 Å². The number of nitrogens with one attached hydrogen (secondary N) is 1. The Balaban J connectivity index is 1.37. The summed E-state index contributed by atoms with van der Waals surface area (Å²) in [6.45, 7) is 8.61. The maximum atomic E-state index is 10.9. The van der Waals surface area contributed by atoms with Crippen molar-refractivity contribution in [1.29, 1.82) is 0 Å². The molecule has 8 heteroatoms. The lowest BCUT2D eigenvalue weighted by molar-refractivity contribution is -0.0328. The van der Waals surface area contributed by atoms with Gasteiger partial charge in [-0.1, -0.05) is 37.3 Å². The Kier molecular flexibility index (Phi) is 11.6. The van der Waals surface area contributed by atoms with Gasteiger partial charge in [-0.3, -0.25) is 0 Å². The average Bonchev–Trinajstić information content (AvgIpc) is 2.93. The number of piperidine rings is 1. The minimum atomic E-state index is -0.503. The molecule has 0 aliphatic carbocycles. The van der Waals surface area contributed by atoms with Crippen LogP contribution in [0.2, 0.25) is 0 Å². The molecule has 0 saturated carbocycles. The molecule has 2 heterocycles. The average molecular weight is 545 g/mol. The quantitative estimate of drug-likeness (QED) is 0.345. The van der Waals surface area contributed by atoms with Crippen molar-refractivity contribution in [1.82, 2.24) is 5.32 Å². The minimum absolute atomic E-state index is 0.0840. The van der Waals surface area contributed by atoms with E-state index in [0.29, 0.717) is 38.8 Å². The van der Waals surface area contributed by atoms with Crippen LogP contribution in [0.4, 0.5) is 5.69 Å². The van der Waals surface area contributed by atoms with Gasteiger partial charge in [-0.2, -0.15) is 11.8 Å². The smallest absolute Gasteiger partial charge is 0.142 e. The Morgan fingerprint density at radius 3 is 2.74 bits per heavy atom. The molecule has 0 radical (unpaired) electrons. The minimum Gasteiger partial charge on any atom is -0.490 e. The third kappa shape index (κ3) is 8.10. The second-order valence-electron chi connectivity index (χ2n) is 10.4. The molecule has 4 atom stereocenters. The molecule has 0 aromatic heterocycles. The lowest BCUT2D eigenvalue weighted by Crippen LogP contribution is -2.49. The number of aliphatic hydroxyl groups excluding tert-OH is 1. The van der Waals surface area contributed by atoms with E-state index < -0.39 is 6.10 Å². The Labute approximate surface area is 232 Å². The number of fused-ring (bicyclic) bond motifs is 1. The van der Waals surface area contributed by atoms with Crippen LogP contribution in [0, 0.1) is 5.92 Å². The van der Waals surface area contributed by atoms with Crippen molar-refractivity contribution in [2.24, 2.45) is 5.92 Å². The van der Waals surface area contributed by atoms with Crippen molar-refractivity contribution in [3.8, 4) is 5.75 Å². The molecule has 210 valence electrons. The number of nitrogens with zero attached hydrogens (tertiary/aromatic N) is 1. The first-order chi connectivity index (χ1) is 18.6. The summed E-state index contributed by atoms with van der Waals surface area (Å²) in [5.74, 6) is 2.50. The van der Waals surface area contributed by atoms with E-state index in [1.165, 1.54) is 0 Å². The molecule has 7 nitrogen and oxygen atoms in total. The monoisotopic (exact) mass is 544 g/mol. The first-order valence-corrected chi connectivity index (χ1v) is 15.1. The molecule has 38 heavy (non-hydrogen) atoms. The van der Waals surface area contributed by atoms with E-state index in [9.17, 15) is 5.11 Å². The van der Waals surface area contributed by atoms with E-state index in [1.807, 2.05) is 17.8 Å². The highest BCUT2D eigenvalue weighted by atomic mass is 32.2. The molecule has 0 spiro atoms. The summed E-state index contributed by atoms with van der Waals surface area (Å²) in [4.78, 5) is 2.37. The zero-order chi connectivity index (χ0) is 26.7. The van der Waals surface area contributed by atoms with Gasteiger partial charge in [0.2, 0.25) is 0 Å². The number of β-amino-alcohol motifs (C(OH)–C–C–N with tert-alkyl or cyclic N) is 1. The van der Waals surface area contributed by atoms with Crippen molar-refractivity contribution in [3.63, 3.8) is 0 Å². The van der Waals surface area contributed by atoms with Crippen LogP contribution in [0.1, 0.15) is 36.0 Å². The predicted octanol–water partition coefficient (Wildman–Crippen LogP) is 4.07. The summed E-state index contributed by atoms with van der Waals surface area (Å²) in [6, 6.07) is 14.8. The van der Waals surface area contributed by atoms with Gasteiger partial charge >= 0.3 is 0 Å². The highest BCUT2D eigenvalue weighted by Crippen LogP contribution is 2.34. The fourth-order valence-corrected chi connectivity index (χ4v) is 5.93. The zero-order valence-corrected chi connectivity index (χ0v) is 23.9. The van der Waals surface area contributed by atoms with E-state index >= 15 is 0 Å². The van der Waals surface area contributed by atoms with E-state index in [4.69, 9.17) is 18.9 Å². The number of rotatable bonds is 14. The molecular weight excluding hydrogens is 500 g/mol. The van der Waals surface area contributed by atoms with Crippen LogP contribution >= 0.6 is 11.8 Å². The number of methoxy groups -OCH3 is 1. The molecule has 2 aliphatic heterocycles. The van der Waals surface area contributed by atoms with Gasteiger partial charge in [0.15, 0.2) is 0 Å². The third-order valence-electron chi connectivity index (χ3n) is 7.22. The molecule has 2 aliphatic rings. The standard InChI is InChI=1S/C30H44N2O5S/c1-22(21-38-3)18-35-19-23-5-8-25(9-6-23)30-27(33)16-31-17-29(30)37-20-24-7-10-28-26(15-24)32(12-14-36-28)11-4-13-34-2/h5-10,15,22,27,29-31,33H,4,11-14,16-21H2,1-3H3/t22?,27-,29+,30+/m1/s1. The first kappa shape index (κ1) is 29.2. The fourth-order valence-electron chi connectivity index (χ4n) is 5.26. The number of thioether (sulfide) groups is 1. The number of hydrogen-bond donors (Lipinski definition) is 2. The van der Waals surface area contributed by atoms with Crippen LogP contribution in [-0.2, 0) is 27.4 Å². The number of aliphatic hydroxyl groups is 1. The molecule has 4 rings (SSSR count). The van der Waals surface area contributed by atoms with Gasteiger partial charge in [-0.25, -0.2) is 0 Å². The van der Waals surface area contributed by atoms with Crippen molar-refractivity contribution in [2.75, 3.05) is 70.0 Å². The van der Waals surface area contributed by atoms with Crippen LogP contribution in [0.3, 0.4) is 0 Å². The normalized spacial score (nSPS) is 22.1. The van der Waals surface area contributed by atoms with Crippen LogP contribution in [0.25, 0.3) is 0 Å². The van der Waals surface area contributed by atoms with Crippen molar-refractivity contribution in [3.05, 3.63) is 59.2 Å². The van der Waals surface area contributed by atoms with Crippen LogP contribution < -0.4 is 15.0 Å². The van der Waals surface area contributed by atoms with Crippen molar-refractivity contribution in [2.45, 2.75) is 44.7 Å². The lowest BCUT2D eigenvalue weighted by atomic mass is 9.85. The highest BCUT2D eigenvalue weighted by molar-refractivity contribution is 7.98. The zero-order valence-electron chi connectivity index (χ0n) is 23.1. The molecule has 2 N–H and O–H groups in total. The molecule has 0 bridgehead atoms. The largest absolute Gasteiger partial charge is 0.490 e. The fraction of sp³-hybridized carbons (Fsp3) is 0.600. The summed E-state index contributed by atoms with van der Waals surface area (Å²) in [7, 11) is 1.74. The number of ether oxygens (including phenoxy) is 4. The molecule has 2 aromatic rings. The second-order valence-corrected chi connectivity index (χ2v) is 11.3. The topological polar surface area (TPSA) is 72.4 Å². The number of hydrogen-bond acceptors (Lipinski definition) is 8. The summed E-state index contributed by atoms with van der Waals surface area (Å²) >= 11 is 1.85. The van der Waals surface area contributed by atoms with Crippen molar-refractivity contribution < 1.29 is 24.1 Å². The van der Waals surface area contributed by atoms with Crippen LogP contribution in [0.5, 0.6) is 5.75 Å². The first-order valence-electron chi connectivity index (χ1n) is 13.7. The summed E-state index contributed by atoms with van der Waals surface area (Å²) in [6.07, 6.45) is 2.48. The van der Waals surface area contributed by atoms with Gasteiger partial charge in [0.1, 0.15) is 12.4 Å². The van der Waals surface area contributed by atoms with Crippen LogP contribution in [0.15, 0.2) is 42.5 Å². The van der Waals surface area contributed by atoms with Crippen LogP contribution in [-0.4, -0.2) is 82.4 Å². The van der Waals surface area contributed by atoms with E-state index in [2.05, 4.69) is 59.8 Å². The molecule has 1 unspecified atom stereocenters.